The molecule has 3 aromatic rings. The van der Waals surface area contributed by atoms with Gasteiger partial charge in [0, 0.05) is 12.6 Å². The first-order chi connectivity index (χ1) is 11.7. The maximum Gasteiger partial charge on any atom is 0.264 e. The first kappa shape index (κ1) is 17.2. The van der Waals surface area contributed by atoms with Gasteiger partial charge in [-0.2, -0.15) is 0 Å². The third-order valence-electron chi connectivity index (χ3n) is 3.39. The van der Waals surface area contributed by atoms with E-state index in [-0.39, 0.29) is 10.6 Å². The molecule has 2 aromatic carbocycles. The smallest absolute Gasteiger partial charge is 0.264 e. The molecule has 1 amide bonds. The number of halogens is 1. The molecule has 0 aliphatic heterocycles. The molecule has 3 rings (SSSR count). The molecular weight excluding hydrogens is 366 g/mol. The third-order valence-corrected chi connectivity index (χ3v) is 4.24. The zero-order valence-electron chi connectivity index (χ0n) is 13.4. The van der Waals surface area contributed by atoms with Crippen molar-refractivity contribution in [2.75, 3.05) is 6.26 Å². The van der Waals surface area contributed by atoms with E-state index in [1.807, 2.05) is 28.5 Å². The van der Waals surface area contributed by atoms with Crippen LogP contribution in [-0.2, 0) is 17.1 Å². The number of sulfonamides is 1. The van der Waals surface area contributed by atoms with Crippen molar-refractivity contribution in [2.24, 2.45) is 7.05 Å². The molecule has 9 heteroatoms. The van der Waals surface area contributed by atoms with Gasteiger partial charge in [0.1, 0.15) is 11.3 Å². The van der Waals surface area contributed by atoms with E-state index in [0.717, 1.165) is 17.3 Å². The second-order valence-corrected chi connectivity index (χ2v) is 7.59. The summed E-state index contributed by atoms with van der Waals surface area (Å²) >= 11 is 6.18. The summed E-state index contributed by atoms with van der Waals surface area (Å²) in [6.07, 6.45) is 2.58. The van der Waals surface area contributed by atoms with Gasteiger partial charge in [0.2, 0.25) is 10.0 Å². The number of benzene rings is 2. The van der Waals surface area contributed by atoms with Crippen LogP contribution >= 0.6 is 11.6 Å². The fourth-order valence-corrected chi connectivity index (χ4v) is 3.00. The number of hydrogen-bond acceptors (Lipinski definition) is 5. The minimum atomic E-state index is -3.65. The summed E-state index contributed by atoms with van der Waals surface area (Å²) in [6, 6.07) is 9.75. The van der Waals surface area contributed by atoms with Gasteiger partial charge in [0.15, 0.2) is 5.75 Å². The Balaban J connectivity index is 1.91. The van der Waals surface area contributed by atoms with E-state index in [4.69, 9.17) is 16.3 Å². The number of fused-ring (bicyclic) bond motifs is 1. The summed E-state index contributed by atoms with van der Waals surface area (Å²) < 4.78 is 31.8. The van der Waals surface area contributed by atoms with Crippen LogP contribution in [0.3, 0.4) is 0 Å². The molecule has 0 aliphatic rings. The van der Waals surface area contributed by atoms with Crippen LogP contribution in [-0.4, -0.2) is 30.1 Å². The van der Waals surface area contributed by atoms with Gasteiger partial charge in [-0.3, -0.25) is 4.79 Å². The van der Waals surface area contributed by atoms with Gasteiger partial charge in [-0.1, -0.05) is 17.7 Å². The molecule has 0 fully saturated rings. The van der Waals surface area contributed by atoms with Gasteiger partial charge in [0.25, 0.3) is 5.91 Å². The summed E-state index contributed by atoms with van der Waals surface area (Å²) in [6.45, 7) is 0. The Bertz CT molecular complexity index is 1080. The Morgan fingerprint density at radius 3 is 2.68 bits per heavy atom. The number of para-hydroxylation sites is 1. The molecule has 1 aromatic heterocycles. The quantitative estimate of drug-likeness (QED) is 0.752. The largest absolute Gasteiger partial charge is 0.454 e. The number of nitrogens with zero attached hydrogens (tertiary/aromatic N) is 2. The molecule has 0 radical (unpaired) electrons. The third kappa shape index (κ3) is 3.75. The number of hydrogen-bond donors (Lipinski definition) is 1. The highest BCUT2D eigenvalue weighted by Crippen LogP contribution is 2.33. The number of amides is 1. The number of ether oxygens (including phenoxy) is 1. The molecule has 0 atom stereocenters. The SMILES string of the molecule is Cn1cnc2cccc(Oc3ccc(C(=O)NS(C)(=O)=O)cc3Cl)c21. The van der Waals surface area contributed by atoms with Gasteiger partial charge in [0.05, 0.1) is 23.1 Å². The van der Waals surface area contributed by atoms with Gasteiger partial charge >= 0.3 is 0 Å². The van der Waals surface area contributed by atoms with Crippen molar-refractivity contribution in [3.63, 3.8) is 0 Å². The highest BCUT2D eigenvalue weighted by atomic mass is 35.5. The number of carbonyl (C=O) groups is 1. The van der Waals surface area contributed by atoms with Crippen LogP contribution < -0.4 is 9.46 Å². The van der Waals surface area contributed by atoms with Crippen molar-refractivity contribution >= 4 is 38.6 Å². The maximum absolute atomic E-state index is 11.9. The van der Waals surface area contributed by atoms with Gasteiger partial charge in [-0.05, 0) is 30.3 Å². The van der Waals surface area contributed by atoms with Crippen LogP contribution in [0.15, 0.2) is 42.7 Å². The monoisotopic (exact) mass is 379 g/mol. The number of nitrogens with one attached hydrogen (secondary N) is 1. The van der Waals surface area contributed by atoms with Crippen molar-refractivity contribution in [1.29, 1.82) is 0 Å². The Labute approximate surface area is 149 Å². The number of imidazole rings is 1. The van der Waals surface area contributed by atoms with Gasteiger partial charge < -0.3 is 9.30 Å². The van der Waals surface area contributed by atoms with E-state index in [2.05, 4.69) is 4.98 Å². The fraction of sp³-hybridized carbons (Fsp3) is 0.125. The summed E-state index contributed by atoms with van der Waals surface area (Å²) in [5, 5.41) is 0.181. The number of aryl methyl sites for hydroxylation is 1. The van der Waals surface area contributed by atoms with Gasteiger partial charge in [-0.25, -0.2) is 18.1 Å². The lowest BCUT2D eigenvalue weighted by molar-refractivity contribution is 0.0981. The molecule has 0 aliphatic carbocycles. The first-order valence-electron chi connectivity index (χ1n) is 7.14. The lowest BCUT2D eigenvalue weighted by atomic mass is 10.2. The molecule has 0 spiro atoms. The van der Waals surface area contributed by atoms with Crippen molar-refractivity contribution < 1.29 is 17.9 Å². The Hall–Kier alpha value is -2.58. The molecule has 1 heterocycles. The molecule has 0 unspecified atom stereocenters. The molecule has 130 valence electrons. The standard InChI is InChI=1S/C16H14ClN3O4S/c1-20-9-18-12-4-3-5-14(15(12)20)24-13-7-6-10(8-11(13)17)16(21)19-25(2,22)23/h3-9H,1-2H3,(H,19,21). The van der Waals surface area contributed by atoms with Crippen molar-refractivity contribution in [3.8, 4) is 11.5 Å². The molecular formula is C16H14ClN3O4S. The Kier molecular flexibility index (Phi) is 4.40. The zero-order valence-corrected chi connectivity index (χ0v) is 14.9. The maximum atomic E-state index is 11.9. The number of rotatable bonds is 4. The topological polar surface area (TPSA) is 90.3 Å². The molecule has 0 bridgehead atoms. The molecule has 1 N–H and O–H groups in total. The number of carbonyl (C=O) groups excluding carboxylic acids is 1. The Morgan fingerprint density at radius 1 is 1.24 bits per heavy atom. The van der Waals surface area contributed by atoms with E-state index in [0.29, 0.717) is 11.5 Å². The van der Waals surface area contributed by atoms with E-state index in [1.165, 1.54) is 18.2 Å². The lowest BCUT2D eigenvalue weighted by Gasteiger charge is -2.11. The molecule has 0 saturated carbocycles. The summed E-state index contributed by atoms with van der Waals surface area (Å²) in [5.74, 6) is 0.142. The van der Waals surface area contributed by atoms with Crippen LogP contribution in [0.4, 0.5) is 0 Å². The highest BCUT2D eigenvalue weighted by Gasteiger charge is 2.15. The van der Waals surface area contributed by atoms with Gasteiger partial charge in [-0.15, -0.1) is 0 Å². The molecule has 25 heavy (non-hydrogen) atoms. The molecule has 0 saturated heterocycles. The number of aromatic nitrogens is 2. The van der Waals surface area contributed by atoms with E-state index >= 15 is 0 Å². The van der Waals surface area contributed by atoms with E-state index in [1.54, 1.807) is 12.4 Å². The van der Waals surface area contributed by atoms with Crippen LogP contribution in [0.1, 0.15) is 10.4 Å². The van der Waals surface area contributed by atoms with Crippen LogP contribution in [0, 0.1) is 0 Å². The predicted molar refractivity (Wildman–Crippen MR) is 94.6 cm³/mol. The Morgan fingerprint density at radius 2 is 2.00 bits per heavy atom. The van der Waals surface area contributed by atoms with Crippen LogP contribution in [0.5, 0.6) is 11.5 Å². The van der Waals surface area contributed by atoms with Crippen molar-refractivity contribution in [2.45, 2.75) is 0 Å². The minimum absolute atomic E-state index is 0.113. The second kappa shape index (κ2) is 6.38. The zero-order chi connectivity index (χ0) is 18.2. The van der Waals surface area contributed by atoms with E-state index < -0.39 is 15.9 Å². The first-order valence-corrected chi connectivity index (χ1v) is 9.41. The average molecular weight is 380 g/mol. The predicted octanol–water partition coefficient (Wildman–Crippen LogP) is 2.71. The fourth-order valence-electron chi connectivity index (χ4n) is 2.33. The van der Waals surface area contributed by atoms with Crippen molar-refractivity contribution in [3.05, 3.63) is 53.3 Å². The summed E-state index contributed by atoms with van der Waals surface area (Å²) in [4.78, 5) is 16.1. The normalized spacial score (nSPS) is 11.5. The van der Waals surface area contributed by atoms with E-state index in [9.17, 15) is 13.2 Å². The molecule has 7 nitrogen and oxygen atoms in total. The highest BCUT2D eigenvalue weighted by molar-refractivity contribution is 7.89. The minimum Gasteiger partial charge on any atom is -0.454 e. The van der Waals surface area contributed by atoms with Crippen LogP contribution in [0.2, 0.25) is 5.02 Å². The average Bonchev–Trinajstić information content (AvgIpc) is 2.90. The van der Waals surface area contributed by atoms with Crippen LogP contribution in [0.25, 0.3) is 11.0 Å². The van der Waals surface area contributed by atoms with Crippen molar-refractivity contribution in [1.82, 2.24) is 14.3 Å². The summed E-state index contributed by atoms with van der Waals surface area (Å²) in [5.41, 5.74) is 1.69. The summed E-state index contributed by atoms with van der Waals surface area (Å²) in [7, 11) is -1.80. The lowest BCUT2D eigenvalue weighted by Crippen LogP contribution is -2.29. The second-order valence-electron chi connectivity index (χ2n) is 5.43.